The van der Waals surface area contributed by atoms with E-state index in [-0.39, 0.29) is 5.91 Å². The van der Waals surface area contributed by atoms with Gasteiger partial charge in [0.15, 0.2) is 0 Å². The molecule has 1 aromatic heterocycles. The maximum absolute atomic E-state index is 13.3. The normalized spacial score (nSPS) is 13.6. The molecule has 0 spiro atoms. The largest absolute Gasteiger partial charge is 0.496 e. The van der Waals surface area contributed by atoms with Gasteiger partial charge in [0.2, 0.25) is 0 Å². The second-order valence-corrected chi connectivity index (χ2v) is 6.36. The molecule has 1 heterocycles. The lowest BCUT2D eigenvalue weighted by atomic mass is 10.1. The first kappa shape index (κ1) is 15.6. The van der Waals surface area contributed by atoms with Crippen LogP contribution in [0.3, 0.4) is 0 Å². The van der Waals surface area contributed by atoms with E-state index in [1.807, 2.05) is 59.5 Å². The van der Waals surface area contributed by atoms with Crippen molar-refractivity contribution in [3.63, 3.8) is 0 Å². The molecule has 1 fully saturated rings. The Bertz CT molecular complexity index is 913. The molecule has 1 amide bonds. The van der Waals surface area contributed by atoms with Crippen molar-refractivity contribution in [3.8, 4) is 5.75 Å². The monoisotopic (exact) mass is 332 g/mol. The lowest BCUT2D eigenvalue weighted by Gasteiger charge is -2.24. The van der Waals surface area contributed by atoms with Crippen molar-refractivity contribution in [1.29, 1.82) is 0 Å². The summed E-state index contributed by atoms with van der Waals surface area (Å²) < 4.78 is 5.45. The number of pyridine rings is 1. The van der Waals surface area contributed by atoms with E-state index >= 15 is 0 Å². The maximum atomic E-state index is 13.3. The van der Waals surface area contributed by atoms with Crippen LogP contribution in [-0.4, -0.2) is 28.9 Å². The van der Waals surface area contributed by atoms with Gasteiger partial charge in [0.25, 0.3) is 5.91 Å². The summed E-state index contributed by atoms with van der Waals surface area (Å²) in [6.45, 7) is 0.552. The Morgan fingerprint density at radius 2 is 1.92 bits per heavy atom. The van der Waals surface area contributed by atoms with Gasteiger partial charge in [0.05, 0.1) is 18.2 Å². The number of ether oxygens (including phenoxy) is 1. The zero-order valence-electron chi connectivity index (χ0n) is 14.2. The summed E-state index contributed by atoms with van der Waals surface area (Å²) in [5.74, 6) is 0.856. The molecule has 1 saturated carbocycles. The summed E-state index contributed by atoms with van der Waals surface area (Å²) in [5, 5.41) is 0.987. The predicted octanol–water partition coefficient (Wildman–Crippen LogP) is 4.05. The molecule has 4 nitrogen and oxygen atoms in total. The zero-order valence-corrected chi connectivity index (χ0v) is 14.2. The number of carbonyl (C=O) groups is 1. The molecule has 2 aromatic carbocycles. The number of para-hydroxylation sites is 2. The Kier molecular flexibility index (Phi) is 4.10. The molecule has 25 heavy (non-hydrogen) atoms. The molecule has 126 valence electrons. The average molecular weight is 332 g/mol. The topological polar surface area (TPSA) is 42.4 Å². The molecule has 4 rings (SSSR count). The van der Waals surface area contributed by atoms with E-state index in [1.54, 1.807) is 13.3 Å². The minimum atomic E-state index is 0.0395. The van der Waals surface area contributed by atoms with Crippen LogP contribution in [0.25, 0.3) is 10.9 Å². The number of rotatable bonds is 5. The van der Waals surface area contributed by atoms with Gasteiger partial charge >= 0.3 is 0 Å². The van der Waals surface area contributed by atoms with Crippen molar-refractivity contribution in [1.82, 2.24) is 9.88 Å². The fraction of sp³-hybridized carbons (Fsp3) is 0.238. The van der Waals surface area contributed by atoms with Crippen LogP contribution in [0, 0.1) is 0 Å². The molecule has 0 bridgehead atoms. The number of benzene rings is 2. The van der Waals surface area contributed by atoms with Gasteiger partial charge in [-0.1, -0.05) is 36.4 Å². The minimum absolute atomic E-state index is 0.0395. The molecule has 0 radical (unpaired) electrons. The van der Waals surface area contributed by atoms with E-state index in [1.165, 1.54) is 0 Å². The Morgan fingerprint density at radius 3 is 2.72 bits per heavy atom. The third kappa shape index (κ3) is 3.07. The van der Waals surface area contributed by atoms with Gasteiger partial charge in [-0.3, -0.25) is 9.78 Å². The number of hydrogen-bond donors (Lipinski definition) is 0. The summed E-state index contributed by atoms with van der Waals surface area (Å²) in [5.41, 5.74) is 2.46. The van der Waals surface area contributed by atoms with Gasteiger partial charge in [-0.25, -0.2) is 0 Å². The molecular formula is C21H20N2O2. The molecule has 0 saturated heterocycles. The number of fused-ring (bicyclic) bond motifs is 1. The van der Waals surface area contributed by atoms with Gasteiger partial charge in [-0.2, -0.15) is 0 Å². The van der Waals surface area contributed by atoms with E-state index in [0.717, 1.165) is 35.1 Å². The van der Waals surface area contributed by atoms with Crippen LogP contribution in [0.4, 0.5) is 0 Å². The lowest BCUT2D eigenvalue weighted by Crippen LogP contribution is -2.33. The van der Waals surface area contributed by atoms with Crippen molar-refractivity contribution in [2.45, 2.75) is 25.4 Å². The van der Waals surface area contributed by atoms with Gasteiger partial charge in [0, 0.05) is 29.7 Å². The van der Waals surface area contributed by atoms with Crippen LogP contribution in [0.1, 0.15) is 28.8 Å². The van der Waals surface area contributed by atoms with Crippen molar-refractivity contribution < 1.29 is 9.53 Å². The highest BCUT2D eigenvalue weighted by Gasteiger charge is 2.34. The number of hydrogen-bond acceptors (Lipinski definition) is 3. The van der Waals surface area contributed by atoms with Gasteiger partial charge in [-0.15, -0.1) is 0 Å². The smallest absolute Gasteiger partial charge is 0.256 e. The molecule has 0 N–H and O–H groups in total. The highest BCUT2D eigenvalue weighted by atomic mass is 16.5. The Hall–Kier alpha value is -2.88. The molecular weight excluding hydrogens is 312 g/mol. The van der Waals surface area contributed by atoms with Crippen LogP contribution in [0.5, 0.6) is 5.75 Å². The van der Waals surface area contributed by atoms with Crippen molar-refractivity contribution in [2.24, 2.45) is 0 Å². The number of carbonyl (C=O) groups excluding carboxylic acids is 1. The van der Waals surface area contributed by atoms with E-state index in [0.29, 0.717) is 18.2 Å². The van der Waals surface area contributed by atoms with Crippen molar-refractivity contribution >= 4 is 16.8 Å². The second-order valence-electron chi connectivity index (χ2n) is 6.36. The molecule has 0 aliphatic heterocycles. The van der Waals surface area contributed by atoms with Gasteiger partial charge < -0.3 is 9.64 Å². The van der Waals surface area contributed by atoms with Gasteiger partial charge in [0.1, 0.15) is 5.75 Å². The predicted molar refractivity (Wildman–Crippen MR) is 97.6 cm³/mol. The Labute approximate surface area is 147 Å². The SMILES string of the molecule is COc1ccccc1CN(C(=O)c1cccc2cccnc12)C1CC1. The Morgan fingerprint density at radius 1 is 1.12 bits per heavy atom. The minimum Gasteiger partial charge on any atom is -0.496 e. The molecule has 3 aromatic rings. The number of amides is 1. The summed E-state index contributed by atoms with van der Waals surface area (Å²) in [6, 6.07) is 17.8. The van der Waals surface area contributed by atoms with E-state index in [9.17, 15) is 4.79 Å². The van der Waals surface area contributed by atoms with E-state index in [4.69, 9.17) is 4.74 Å². The van der Waals surface area contributed by atoms with E-state index in [2.05, 4.69) is 4.98 Å². The molecule has 0 unspecified atom stereocenters. The molecule has 4 heteroatoms. The van der Waals surface area contributed by atoms with Crippen LogP contribution in [0.15, 0.2) is 60.8 Å². The second kappa shape index (κ2) is 6.55. The Balaban J connectivity index is 1.70. The zero-order chi connectivity index (χ0) is 17.2. The lowest BCUT2D eigenvalue weighted by molar-refractivity contribution is 0.0730. The highest BCUT2D eigenvalue weighted by Crippen LogP contribution is 2.32. The van der Waals surface area contributed by atoms with Crippen LogP contribution in [0.2, 0.25) is 0 Å². The third-order valence-electron chi connectivity index (χ3n) is 4.64. The molecule has 1 aliphatic carbocycles. The fourth-order valence-corrected chi connectivity index (χ4v) is 3.20. The summed E-state index contributed by atoms with van der Waals surface area (Å²) in [6.07, 6.45) is 3.85. The van der Waals surface area contributed by atoms with E-state index < -0.39 is 0 Å². The van der Waals surface area contributed by atoms with Crippen LogP contribution < -0.4 is 4.74 Å². The fourth-order valence-electron chi connectivity index (χ4n) is 3.20. The number of aromatic nitrogens is 1. The van der Waals surface area contributed by atoms with Gasteiger partial charge in [-0.05, 0) is 31.0 Å². The van der Waals surface area contributed by atoms with Crippen LogP contribution >= 0.6 is 0 Å². The highest BCUT2D eigenvalue weighted by molar-refractivity contribution is 6.05. The third-order valence-corrected chi connectivity index (χ3v) is 4.64. The maximum Gasteiger partial charge on any atom is 0.256 e. The summed E-state index contributed by atoms with van der Waals surface area (Å²) in [4.78, 5) is 19.7. The first-order valence-electron chi connectivity index (χ1n) is 8.54. The van der Waals surface area contributed by atoms with Crippen molar-refractivity contribution in [3.05, 3.63) is 71.9 Å². The summed E-state index contributed by atoms with van der Waals surface area (Å²) >= 11 is 0. The van der Waals surface area contributed by atoms with Crippen LogP contribution in [-0.2, 0) is 6.54 Å². The molecule has 0 atom stereocenters. The number of methoxy groups -OCH3 is 1. The standard InChI is InChI=1S/C21H20N2O2/c1-25-19-10-3-2-6-16(19)14-23(17-11-12-17)21(24)18-9-4-7-15-8-5-13-22-20(15)18/h2-10,13,17H,11-12,14H2,1H3. The number of nitrogens with zero attached hydrogens (tertiary/aromatic N) is 2. The van der Waals surface area contributed by atoms with Crippen molar-refractivity contribution in [2.75, 3.05) is 7.11 Å². The summed E-state index contributed by atoms with van der Waals surface area (Å²) in [7, 11) is 1.66. The first-order chi connectivity index (χ1) is 12.3. The average Bonchev–Trinajstić information content (AvgIpc) is 3.50. The molecule has 1 aliphatic rings. The first-order valence-corrected chi connectivity index (χ1v) is 8.54. The quantitative estimate of drug-likeness (QED) is 0.708.